The van der Waals surface area contributed by atoms with Crippen molar-refractivity contribution in [1.29, 1.82) is 0 Å². The number of carbonyl (C=O) groups is 1. The van der Waals surface area contributed by atoms with Crippen LogP contribution in [0.1, 0.15) is 32.6 Å². The van der Waals surface area contributed by atoms with Crippen molar-refractivity contribution in [2.45, 2.75) is 44.8 Å². The van der Waals surface area contributed by atoms with E-state index in [-0.39, 0.29) is 18.9 Å². The molecule has 1 saturated heterocycles. The van der Waals surface area contributed by atoms with Gasteiger partial charge in [0.2, 0.25) is 5.91 Å². The molecule has 1 unspecified atom stereocenters. The molecular weight excluding hydrogens is 233 g/mol. The highest BCUT2D eigenvalue weighted by atomic mass is 19.4. The predicted molar refractivity (Wildman–Crippen MR) is 58.2 cm³/mol. The molecular formula is C11H19F3N2O. The quantitative estimate of drug-likeness (QED) is 0.834. The SMILES string of the molecule is CCC[C@H](N)C(=O)N1CCCC(C(F)(F)F)C1. The van der Waals surface area contributed by atoms with Gasteiger partial charge >= 0.3 is 6.18 Å². The molecule has 2 N–H and O–H groups in total. The number of carbonyl (C=O) groups excluding carboxylic acids is 1. The summed E-state index contributed by atoms with van der Waals surface area (Å²) in [6.45, 7) is 2.05. The van der Waals surface area contributed by atoms with Gasteiger partial charge in [0, 0.05) is 13.1 Å². The largest absolute Gasteiger partial charge is 0.393 e. The number of halogens is 3. The van der Waals surface area contributed by atoms with Crippen LogP contribution in [-0.2, 0) is 4.79 Å². The lowest BCUT2D eigenvalue weighted by molar-refractivity contribution is -0.188. The Morgan fingerprint density at radius 1 is 1.53 bits per heavy atom. The Morgan fingerprint density at radius 3 is 2.71 bits per heavy atom. The Bertz CT molecular complexity index is 268. The van der Waals surface area contributed by atoms with Crippen molar-refractivity contribution >= 4 is 5.91 Å². The van der Waals surface area contributed by atoms with E-state index in [1.807, 2.05) is 6.92 Å². The van der Waals surface area contributed by atoms with Crippen LogP contribution in [0.5, 0.6) is 0 Å². The van der Waals surface area contributed by atoms with Crippen LogP contribution < -0.4 is 5.73 Å². The van der Waals surface area contributed by atoms with Crippen molar-refractivity contribution < 1.29 is 18.0 Å². The number of likely N-dealkylation sites (tertiary alicyclic amines) is 1. The summed E-state index contributed by atoms with van der Waals surface area (Å²) in [5.74, 6) is -1.74. The molecule has 0 aromatic heterocycles. The van der Waals surface area contributed by atoms with Gasteiger partial charge in [-0.1, -0.05) is 13.3 Å². The first-order valence-electron chi connectivity index (χ1n) is 5.97. The molecule has 1 fully saturated rings. The molecule has 0 aliphatic carbocycles. The zero-order valence-corrected chi connectivity index (χ0v) is 9.96. The van der Waals surface area contributed by atoms with E-state index in [2.05, 4.69) is 0 Å². The van der Waals surface area contributed by atoms with Gasteiger partial charge < -0.3 is 10.6 Å². The first-order chi connectivity index (χ1) is 7.86. The van der Waals surface area contributed by atoms with Gasteiger partial charge in [0.05, 0.1) is 12.0 Å². The fourth-order valence-electron chi connectivity index (χ4n) is 2.11. The molecule has 0 aromatic carbocycles. The monoisotopic (exact) mass is 252 g/mol. The number of hydrogen-bond acceptors (Lipinski definition) is 2. The molecule has 0 aromatic rings. The summed E-state index contributed by atoms with van der Waals surface area (Å²) in [6, 6.07) is -0.660. The Kier molecular flexibility index (Phi) is 4.80. The molecule has 3 nitrogen and oxygen atoms in total. The topological polar surface area (TPSA) is 46.3 Å². The summed E-state index contributed by atoms with van der Waals surface area (Å²) in [5, 5.41) is 0. The number of alkyl halides is 3. The minimum Gasteiger partial charge on any atom is -0.341 e. The fraction of sp³-hybridized carbons (Fsp3) is 0.909. The third kappa shape index (κ3) is 3.87. The van der Waals surface area contributed by atoms with Gasteiger partial charge in [-0.2, -0.15) is 13.2 Å². The lowest BCUT2D eigenvalue weighted by Crippen LogP contribution is -2.50. The number of piperidine rings is 1. The summed E-state index contributed by atoms with van der Waals surface area (Å²) in [4.78, 5) is 13.1. The second-order valence-corrected chi connectivity index (χ2v) is 4.56. The van der Waals surface area contributed by atoms with E-state index in [0.717, 1.165) is 6.42 Å². The van der Waals surface area contributed by atoms with Gasteiger partial charge in [0.25, 0.3) is 0 Å². The zero-order chi connectivity index (χ0) is 13.1. The van der Waals surface area contributed by atoms with Gasteiger partial charge in [0.1, 0.15) is 0 Å². The van der Waals surface area contributed by atoms with Crippen molar-refractivity contribution in [2.75, 3.05) is 13.1 Å². The third-order valence-corrected chi connectivity index (χ3v) is 3.11. The molecule has 1 aliphatic heterocycles. The highest BCUT2D eigenvalue weighted by molar-refractivity contribution is 5.81. The van der Waals surface area contributed by atoms with Gasteiger partial charge in [-0.05, 0) is 19.3 Å². The van der Waals surface area contributed by atoms with Crippen LogP contribution in [0.3, 0.4) is 0 Å². The van der Waals surface area contributed by atoms with E-state index in [9.17, 15) is 18.0 Å². The highest BCUT2D eigenvalue weighted by Gasteiger charge is 2.43. The van der Waals surface area contributed by atoms with Crippen molar-refractivity contribution in [3.8, 4) is 0 Å². The lowest BCUT2D eigenvalue weighted by Gasteiger charge is -2.35. The molecule has 0 spiro atoms. The Hall–Kier alpha value is -0.780. The van der Waals surface area contributed by atoms with Crippen molar-refractivity contribution in [1.82, 2.24) is 4.90 Å². The Labute approximate surface area is 99.1 Å². The average molecular weight is 252 g/mol. The zero-order valence-electron chi connectivity index (χ0n) is 9.96. The van der Waals surface area contributed by atoms with Gasteiger partial charge in [-0.15, -0.1) is 0 Å². The fourth-order valence-corrected chi connectivity index (χ4v) is 2.11. The van der Waals surface area contributed by atoms with Crippen LogP contribution >= 0.6 is 0 Å². The first-order valence-corrected chi connectivity index (χ1v) is 5.97. The summed E-state index contributed by atoms with van der Waals surface area (Å²) >= 11 is 0. The van der Waals surface area contributed by atoms with Crippen LogP contribution in [0.4, 0.5) is 13.2 Å². The van der Waals surface area contributed by atoms with E-state index in [1.165, 1.54) is 4.90 Å². The number of nitrogens with two attached hydrogens (primary N) is 1. The van der Waals surface area contributed by atoms with Crippen LogP contribution in [0.15, 0.2) is 0 Å². The molecule has 6 heteroatoms. The number of nitrogens with zero attached hydrogens (tertiary/aromatic N) is 1. The van der Waals surface area contributed by atoms with Crippen molar-refractivity contribution in [2.24, 2.45) is 11.7 Å². The smallest absolute Gasteiger partial charge is 0.341 e. The van der Waals surface area contributed by atoms with Gasteiger partial charge in [-0.3, -0.25) is 4.79 Å². The lowest BCUT2D eigenvalue weighted by atomic mass is 9.96. The maximum Gasteiger partial charge on any atom is 0.393 e. The van der Waals surface area contributed by atoms with E-state index in [1.54, 1.807) is 0 Å². The van der Waals surface area contributed by atoms with E-state index < -0.39 is 18.1 Å². The third-order valence-electron chi connectivity index (χ3n) is 3.11. The van der Waals surface area contributed by atoms with Gasteiger partial charge in [0.15, 0.2) is 0 Å². The molecule has 0 radical (unpaired) electrons. The molecule has 100 valence electrons. The minimum absolute atomic E-state index is 0.107. The molecule has 1 rings (SSSR count). The normalized spacial score (nSPS) is 23.6. The van der Waals surface area contributed by atoms with Crippen LogP contribution in [0, 0.1) is 5.92 Å². The van der Waals surface area contributed by atoms with Crippen LogP contribution in [0.25, 0.3) is 0 Å². The number of hydrogen-bond donors (Lipinski definition) is 1. The van der Waals surface area contributed by atoms with E-state index in [0.29, 0.717) is 19.4 Å². The van der Waals surface area contributed by atoms with E-state index in [4.69, 9.17) is 5.73 Å². The molecule has 0 bridgehead atoms. The van der Waals surface area contributed by atoms with Crippen molar-refractivity contribution in [3.05, 3.63) is 0 Å². The number of amides is 1. The summed E-state index contributed by atoms with van der Waals surface area (Å²) in [7, 11) is 0. The molecule has 1 amide bonds. The molecule has 17 heavy (non-hydrogen) atoms. The van der Waals surface area contributed by atoms with E-state index >= 15 is 0 Å². The predicted octanol–water partition coefficient (Wildman–Crippen LogP) is 1.91. The molecule has 1 aliphatic rings. The summed E-state index contributed by atoms with van der Waals surface area (Å²) in [5.41, 5.74) is 5.64. The second-order valence-electron chi connectivity index (χ2n) is 4.56. The minimum atomic E-state index is -4.21. The Balaban J connectivity index is 2.57. The Morgan fingerprint density at radius 2 is 2.18 bits per heavy atom. The summed E-state index contributed by atoms with van der Waals surface area (Å²) in [6.07, 6.45) is -2.44. The average Bonchev–Trinajstić information content (AvgIpc) is 2.27. The molecule has 1 heterocycles. The molecule has 2 atom stereocenters. The second kappa shape index (κ2) is 5.71. The highest BCUT2D eigenvalue weighted by Crippen LogP contribution is 2.33. The van der Waals surface area contributed by atoms with Crippen LogP contribution in [0.2, 0.25) is 0 Å². The molecule has 0 saturated carbocycles. The maximum atomic E-state index is 12.6. The maximum absolute atomic E-state index is 12.6. The summed E-state index contributed by atoms with van der Waals surface area (Å²) < 4.78 is 37.7. The van der Waals surface area contributed by atoms with Crippen molar-refractivity contribution in [3.63, 3.8) is 0 Å². The standard InChI is InChI=1S/C11H19F3N2O/c1-2-4-9(15)10(17)16-6-3-5-8(7-16)11(12,13)14/h8-9H,2-7,15H2,1H3/t8?,9-/m0/s1. The number of rotatable bonds is 3. The first kappa shape index (κ1) is 14.3. The van der Waals surface area contributed by atoms with Crippen LogP contribution in [-0.4, -0.2) is 36.1 Å². The van der Waals surface area contributed by atoms with Gasteiger partial charge in [-0.25, -0.2) is 0 Å².